The molecule has 0 spiro atoms. The number of imide groups is 1. The van der Waals surface area contributed by atoms with E-state index in [0.717, 1.165) is 12.1 Å². The molecule has 5 rings (SSSR count). The lowest BCUT2D eigenvalue weighted by Gasteiger charge is -2.30. The third kappa shape index (κ3) is 4.45. The summed E-state index contributed by atoms with van der Waals surface area (Å²) in [5.74, 6) is -4.88. The Kier molecular flexibility index (Phi) is 6.10. The van der Waals surface area contributed by atoms with Gasteiger partial charge in [0, 0.05) is 12.5 Å². The Morgan fingerprint density at radius 2 is 1.61 bits per heavy atom. The molecule has 196 valence electrons. The number of benzene rings is 3. The molecule has 2 saturated heterocycles. The van der Waals surface area contributed by atoms with Crippen LogP contribution >= 0.6 is 0 Å². The largest absolute Gasteiger partial charge is 0.508 e. The minimum Gasteiger partial charge on any atom is -0.508 e. The second-order valence-electron chi connectivity index (χ2n) is 9.30. The highest BCUT2D eigenvalue weighted by Gasteiger charge is 2.66. The van der Waals surface area contributed by atoms with Crippen LogP contribution in [0.15, 0.2) is 72.8 Å². The number of halogens is 3. The van der Waals surface area contributed by atoms with E-state index in [1.54, 1.807) is 12.1 Å². The van der Waals surface area contributed by atoms with E-state index in [2.05, 4.69) is 10.6 Å². The van der Waals surface area contributed by atoms with Crippen LogP contribution in [0.1, 0.15) is 22.7 Å². The quantitative estimate of drug-likeness (QED) is 0.360. The molecule has 4 N–H and O–H groups in total. The summed E-state index contributed by atoms with van der Waals surface area (Å²) in [6.45, 7) is 0. The van der Waals surface area contributed by atoms with Gasteiger partial charge in [-0.25, -0.2) is 0 Å². The van der Waals surface area contributed by atoms with Gasteiger partial charge in [-0.05, 0) is 53.6 Å². The number of hydrogen-bond donors (Lipinski definition) is 4. The van der Waals surface area contributed by atoms with E-state index in [4.69, 9.17) is 4.74 Å². The number of amides is 2. The zero-order valence-electron chi connectivity index (χ0n) is 19.5. The molecule has 0 aromatic heterocycles. The van der Waals surface area contributed by atoms with Crippen LogP contribution in [0.2, 0.25) is 0 Å². The van der Waals surface area contributed by atoms with Crippen molar-refractivity contribution < 1.29 is 42.5 Å². The zero-order valence-corrected chi connectivity index (χ0v) is 19.5. The van der Waals surface area contributed by atoms with E-state index < -0.39 is 52.9 Å². The highest BCUT2D eigenvalue weighted by atomic mass is 19.4. The van der Waals surface area contributed by atoms with Gasteiger partial charge in [-0.1, -0.05) is 30.3 Å². The molecule has 0 bridgehead atoms. The topological polar surface area (TPSA) is 125 Å². The van der Waals surface area contributed by atoms with Crippen LogP contribution < -0.4 is 15.4 Å². The van der Waals surface area contributed by atoms with Crippen LogP contribution in [0.4, 0.5) is 13.2 Å². The summed E-state index contributed by atoms with van der Waals surface area (Å²) in [6.07, 6.45) is -4.70. The van der Waals surface area contributed by atoms with Gasteiger partial charge in [-0.3, -0.25) is 25.0 Å². The summed E-state index contributed by atoms with van der Waals surface area (Å²) in [5, 5.41) is 25.2. The molecule has 4 atom stereocenters. The number of phenols is 1. The molecule has 3 aromatic rings. The van der Waals surface area contributed by atoms with Crippen molar-refractivity contribution in [3.8, 4) is 17.2 Å². The van der Waals surface area contributed by atoms with Gasteiger partial charge in [0.15, 0.2) is 0 Å². The number of aromatic hydroxyl groups is 1. The molecule has 2 heterocycles. The number of aliphatic carboxylic acids is 1. The van der Waals surface area contributed by atoms with Crippen molar-refractivity contribution in [2.45, 2.75) is 24.2 Å². The van der Waals surface area contributed by atoms with Gasteiger partial charge >= 0.3 is 12.1 Å². The maximum atomic E-state index is 13.1. The third-order valence-electron chi connectivity index (χ3n) is 6.91. The molecule has 3 aromatic carbocycles. The molecule has 11 heteroatoms. The number of carboxylic acid groups (broad SMARTS) is 1. The first-order chi connectivity index (χ1) is 18.0. The van der Waals surface area contributed by atoms with E-state index in [0.29, 0.717) is 11.1 Å². The van der Waals surface area contributed by atoms with Gasteiger partial charge in [-0.2, -0.15) is 13.2 Å². The molecular formula is C27H21F3N2O6. The molecule has 4 unspecified atom stereocenters. The van der Waals surface area contributed by atoms with E-state index in [9.17, 15) is 37.8 Å². The van der Waals surface area contributed by atoms with Crippen molar-refractivity contribution in [3.63, 3.8) is 0 Å². The lowest BCUT2D eigenvalue weighted by atomic mass is 9.76. The monoisotopic (exact) mass is 526 g/mol. The second kappa shape index (κ2) is 9.18. The Hall–Kier alpha value is -4.38. The third-order valence-corrected chi connectivity index (χ3v) is 6.91. The number of carboxylic acids is 1. The van der Waals surface area contributed by atoms with Crippen LogP contribution in [0.25, 0.3) is 0 Å². The van der Waals surface area contributed by atoms with Crippen LogP contribution in [-0.4, -0.2) is 33.5 Å². The van der Waals surface area contributed by atoms with E-state index in [1.807, 2.05) is 0 Å². The molecule has 0 saturated carbocycles. The number of ether oxygens (including phenoxy) is 1. The summed E-state index contributed by atoms with van der Waals surface area (Å²) in [7, 11) is 0. The predicted molar refractivity (Wildman–Crippen MR) is 126 cm³/mol. The lowest BCUT2D eigenvalue weighted by Crippen LogP contribution is -2.57. The standard InChI is InChI=1S/C27H21F3N2O6/c28-27(29,30)16-4-2-6-19(12-16)38-18-5-1-3-15(11-18)22-20-21(24(35)31-23(20)34)26(32-22,25(36)37)13-14-7-9-17(33)10-8-14/h1-12,20-22,32-33H,13H2,(H,36,37)(H,31,34,35). The Morgan fingerprint density at radius 1 is 0.947 bits per heavy atom. The molecule has 2 aliphatic heterocycles. The van der Waals surface area contributed by atoms with Crippen molar-refractivity contribution in [2.75, 3.05) is 0 Å². The Balaban J connectivity index is 1.50. The first-order valence-electron chi connectivity index (χ1n) is 11.6. The number of nitrogens with one attached hydrogen (secondary N) is 2. The summed E-state index contributed by atoms with van der Waals surface area (Å²) in [6, 6.07) is 15.5. The van der Waals surface area contributed by atoms with Gasteiger partial charge in [0.1, 0.15) is 22.8 Å². The maximum absolute atomic E-state index is 13.1. The van der Waals surface area contributed by atoms with Crippen molar-refractivity contribution in [3.05, 3.63) is 89.5 Å². The molecule has 2 fully saturated rings. The molecule has 0 radical (unpaired) electrons. The Morgan fingerprint density at radius 3 is 2.26 bits per heavy atom. The molecule has 0 aliphatic carbocycles. The lowest BCUT2D eigenvalue weighted by molar-refractivity contribution is -0.149. The number of alkyl halides is 3. The van der Waals surface area contributed by atoms with E-state index >= 15 is 0 Å². The SMILES string of the molecule is O=C1NC(=O)C2C1C(c1cccc(Oc3cccc(C(F)(F)F)c3)c1)NC2(Cc1ccc(O)cc1)C(=O)O. The first kappa shape index (κ1) is 25.3. The van der Waals surface area contributed by atoms with Crippen LogP contribution in [0.5, 0.6) is 17.2 Å². The molecule has 8 nitrogen and oxygen atoms in total. The summed E-state index contributed by atoms with van der Waals surface area (Å²) >= 11 is 0. The van der Waals surface area contributed by atoms with Crippen LogP contribution in [0, 0.1) is 11.8 Å². The summed E-state index contributed by atoms with van der Waals surface area (Å²) in [4.78, 5) is 38.3. The molecule has 2 amide bonds. The van der Waals surface area contributed by atoms with Crippen molar-refractivity contribution in [1.82, 2.24) is 10.6 Å². The fraction of sp³-hybridized carbons (Fsp3) is 0.222. The number of phenolic OH excluding ortho intramolecular Hbond substituents is 1. The Labute approximate surface area is 214 Å². The van der Waals surface area contributed by atoms with E-state index in [-0.39, 0.29) is 23.7 Å². The van der Waals surface area contributed by atoms with Crippen molar-refractivity contribution in [1.29, 1.82) is 0 Å². The fourth-order valence-electron chi connectivity index (χ4n) is 5.23. The minimum absolute atomic E-state index is 0.0142. The number of fused-ring (bicyclic) bond motifs is 1. The van der Waals surface area contributed by atoms with Crippen molar-refractivity contribution in [2.24, 2.45) is 11.8 Å². The average Bonchev–Trinajstić information content (AvgIpc) is 3.37. The summed E-state index contributed by atoms with van der Waals surface area (Å²) in [5.41, 5.74) is -1.79. The van der Waals surface area contributed by atoms with Crippen molar-refractivity contribution >= 4 is 17.8 Å². The van der Waals surface area contributed by atoms with Gasteiger partial charge in [0.25, 0.3) is 0 Å². The van der Waals surface area contributed by atoms with E-state index in [1.165, 1.54) is 48.5 Å². The van der Waals surface area contributed by atoms with Gasteiger partial charge in [-0.15, -0.1) is 0 Å². The predicted octanol–water partition coefficient (Wildman–Crippen LogP) is 3.80. The number of hydrogen-bond acceptors (Lipinski definition) is 6. The fourth-order valence-corrected chi connectivity index (χ4v) is 5.23. The highest BCUT2D eigenvalue weighted by Crippen LogP contribution is 2.48. The maximum Gasteiger partial charge on any atom is 0.416 e. The number of rotatable bonds is 6. The van der Waals surface area contributed by atoms with Gasteiger partial charge in [0.2, 0.25) is 11.8 Å². The summed E-state index contributed by atoms with van der Waals surface area (Å²) < 4.78 is 44.9. The normalized spacial score (nSPS) is 24.7. The Bertz CT molecular complexity index is 1420. The highest BCUT2D eigenvalue weighted by molar-refractivity contribution is 6.09. The molecular weight excluding hydrogens is 505 g/mol. The average molecular weight is 526 g/mol. The number of carbonyl (C=O) groups is 3. The van der Waals surface area contributed by atoms with Crippen LogP contribution in [0.3, 0.4) is 0 Å². The van der Waals surface area contributed by atoms with Crippen LogP contribution in [-0.2, 0) is 27.0 Å². The van der Waals surface area contributed by atoms with Gasteiger partial charge in [0.05, 0.1) is 17.4 Å². The van der Waals surface area contributed by atoms with Gasteiger partial charge < -0.3 is 14.9 Å². The zero-order chi connectivity index (χ0) is 27.2. The minimum atomic E-state index is -4.55. The second-order valence-corrected chi connectivity index (χ2v) is 9.30. The first-order valence-corrected chi connectivity index (χ1v) is 11.6. The number of carbonyl (C=O) groups excluding carboxylic acids is 2. The molecule has 2 aliphatic rings. The smallest absolute Gasteiger partial charge is 0.416 e. The molecule has 38 heavy (non-hydrogen) atoms.